The molecule has 2 heterocycles. The van der Waals surface area contributed by atoms with E-state index in [9.17, 15) is 4.79 Å². The van der Waals surface area contributed by atoms with Crippen LogP contribution in [0.15, 0.2) is 0 Å². The second kappa shape index (κ2) is 5.64. The van der Waals surface area contributed by atoms with Gasteiger partial charge in [0.05, 0.1) is 12.5 Å². The fourth-order valence-electron chi connectivity index (χ4n) is 2.48. The van der Waals surface area contributed by atoms with E-state index in [2.05, 4.69) is 5.32 Å². The van der Waals surface area contributed by atoms with Crippen LogP contribution < -0.4 is 5.32 Å². The average Bonchev–Trinajstić information content (AvgIpc) is 2.83. The highest BCUT2D eigenvalue weighted by Gasteiger charge is 2.25. The molecule has 0 aromatic heterocycles. The molecule has 2 atom stereocenters. The van der Waals surface area contributed by atoms with Gasteiger partial charge >= 0.3 is 0 Å². The Morgan fingerprint density at radius 1 is 1.44 bits per heavy atom. The Kier molecular flexibility index (Phi) is 4.18. The molecule has 0 saturated carbocycles. The van der Waals surface area contributed by atoms with E-state index < -0.39 is 0 Å². The first-order valence-corrected chi connectivity index (χ1v) is 6.35. The van der Waals surface area contributed by atoms with Crippen molar-refractivity contribution in [3.8, 4) is 0 Å². The van der Waals surface area contributed by atoms with Gasteiger partial charge in [0.25, 0.3) is 0 Å². The number of carbonyl (C=O) groups excluding carboxylic acids is 1. The van der Waals surface area contributed by atoms with E-state index in [0.29, 0.717) is 12.5 Å². The molecule has 92 valence electrons. The van der Waals surface area contributed by atoms with Crippen LogP contribution in [-0.4, -0.2) is 49.7 Å². The van der Waals surface area contributed by atoms with Crippen LogP contribution in [0.1, 0.15) is 32.1 Å². The molecule has 4 nitrogen and oxygen atoms in total. The molecule has 0 radical (unpaired) electrons. The molecule has 2 unspecified atom stereocenters. The van der Waals surface area contributed by atoms with Gasteiger partial charge in [0.1, 0.15) is 0 Å². The highest BCUT2D eigenvalue weighted by Crippen LogP contribution is 2.17. The van der Waals surface area contributed by atoms with Crippen LogP contribution in [0.2, 0.25) is 0 Å². The van der Waals surface area contributed by atoms with Gasteiger partial charge in [0, 0.05) is 26.2 Å². The molecule has 16 heavy (non-hydrogen) atoms. The number of hydrogen-bond acceptors (Lipinski definition) is 3. The van der Waals surface area contributed by atoms with Crippen LogP contribution in [0.3, 0.4) is 0 Å². The van der Waals surface area contributed by atoms with E-state index in [4.69, 9.17) is 4.74 Å². The summed E-state index contributed by atoms with van der Waals surface area (Å²) in [5.41, 5.74) is 0. The number of carbonyl (C=O) groups is 1. The van der Waals surface area contributed by atoms with Crippen LogP contribution in [0.4, 0.5) is 0 Å². The molecule has 0 aromatic rings. The van der Waals surface area contributed by atoms with E-state index in [1.54, 1.807) is 0 Å². The summed E-state index contributed by atoms with van der Waals surface area (Å²) < 4.78 is 5.60. The second-order valence-corrected chi connectivity index (χ2v) is 4.84. The molecule has 1 amide bonds. The highest BCUT2D eigenvalue weighted by atomic mass is 16.5. The molecule has 4 heteroatoms. The minimum Gasteiger partial charge on any atom is -0.378 e. The molecule has 1 N–H and O–H groups in total. The maximum Gasteiger partial charge on any atom is 0.225 e. The average molecular weight is 226 g/mol. The monoisotopic (exact) mass is 226 g/mol. The van der Waals surface area contributed by atoms with E-state index in [0.717, 1.165) is 39.0 Å². The molecule has 0 aliphatic carbocycles. The van der Waals surface area contributed by atoms with Crippen molar-refractivity contribution in [2.24, 2.45) is 0 Å². The number of rotatable bonds is 3. The van der Waals surface area contributed by atoms with Crippen molar-refractivity contribution in [2.75, 3.05) is 26.7 Å². The van der Waals surface area contributed by atoms with Crippen LogP contribution >= 0.6 is 0 Å². The fraction of sp³-hybridized carbons (Fsp3) is 0.917. The second-order valence-electron chi connectivity index (χ2n) is 4.84. The molecular formula is C12H22N2O2. The third-order valence-electron chi connectivity index (χ3n) is 3.65. The smallest absolute Gasteiger partial charge is 0.225 e. The number of ether oxygens (including phenoxy) is 1. The Balaban J connectivity index is 1.77. The summed E-state index contributed by atoms with van der Waals surface area (Å²) in [6.07, 6.45) is 5.20. The zero-order valence-electron chi connectivity index (χ0n) is 10.1. The summed E-state index contributed by atoms with van der Waals surface area (Å²) >= 11 is 0. The summed E-state index contributed by atoms with van der Waals surface area (Å²) in [7, 11) is 1.92. The standard InChI is InChI=1S/C12H22N2O2/c1-14(10-5-6-13-9-10)12(15)8-11-4-2-3-7-16-11/h10-11,13H,2-9H2,1H3. The van der Waals surface area contributed by atoms with Gasteiger partial charge in [-0.15, -0.1) is 0 Å². The highest BCUT2D eigenvalue weighted by molar-refractivity contribution is 5.76. The molecule has 2 aliphatic rings. The first-order valence-electron chi connectivity index (χ1n) is 6.35. The summed E-state index contributed by atoms with van der Waals surface area (Å²) in [4.78, 5) is 13.9. The third-order valence-corrected chi connectivity index (χ3v) is 3.65. The summed E-state index contributed by atoms with van der Waals surface area (Å²) in [6.45, 7) is 2.79. The lowest BCUT2D eigenvalue weighted by Gasteiger charge is -2.27. The quantitative estimate of drug-likeness (QED) is 0.772. The van der Waals surface area contributed by atoms with Gasteiger partial charge in [0.2, 0.25) is 5.91 Å². The number of likely N-dealkylation sites (N-methyl/N-ethyl adjacent to an activating group) is 1. The molecule has 0 aromatic carbocycles. The van der Waals surface area contributed by atoms with E-state index >= 15 is 0 Å². The molecule has 2 rings (SSSR count). The molecule has 2 saturated heterocycles. The van der Waals surface area contributed by atoms with Crippen LogP contribution in [0.25, 0.3) is 0 Å². The first-order chi connectivity index (χ1) is 7.77. The Bertz CT molecular complexity index is 233. The first kappa shape index (κ1) is 11.9. The third kappa shape index (κ3) is 2.95. The van der Waals surface area contributed by atoms with Crippen molar-refractivity contribution < 1.29 is 9.53 Å². The molecule has 0 bridgehead atoms. The minimum absolute atomic E-state index is 0.165. The lowest BCUT2D eigenvalue weighted by atomic mass is 10.1. The van der Waals surface area contributed by atoms with Gasteiger partial charge in [-0.3, -0.25) is 4.79 Å². The van der Waals surface area contributed by atoms with Gasteiger partial charge in [0.15, 0.2) is 0 Å². The topological polar surface area (TPSA) is 41.6 Å². The molecular weight excluding hydrogens is 204 g/mol. The molecule has 2 aliphatic heterocycles. The summed E-state index contributed by atoms with van der Waals surface area (Å²) in [5, 5.41) is 3.29. The van der Waals surface area contributed by atoms with Crippen LogP contribution in [0, 0.1) is 0 Å². The Morgan fingerprint density at radius 2 is 2.31 bits per heavy atom. The Labute approximate surface area is 97.3 Å². The summed E-state index contributed by atoms with van der Waals surface area (Å²) in [5.74, 6) is 0.237. The maximum absolute atomic E-state index is 12.0. The van der Waals surface area contributed by atoms with Gasteiger partial charge < -0.3 is 15.0 Å². The minimum atomic E-state index is 0.165. The number of hydrogen-bond donors (Lipinski definition) is 1. The lowest BCUT2D eigenvalue weighted by Crippen LogP contribution is -2.40. The van der Waals surface area contributed by atoms with Crippen LogP contribution in [0.5, 0.6) is 0 Å². The Hall–Kier alpha value is -0.610. The maximum atomic E-state index is 12.0. The normalized spacial score (nSPS) is 30.3. The molecule has 2 fully saturated rings. The van der Waals surface area contributed by atoms with Crippen molar-refractivity contribution in [3.63, 3.8) is 0 Å². The largest absolute Gasteiger partial charge is 0.378 e. The van der Waals surface area contributed by atoms with Crippen molar-refractivity contribution >= 4 is 5.91 Å². The van der Waals surface area contributed by atoms with Gasteiger partial charge in [-0.1, -0.05) is 0 Å². The van der Waals surface area contributed by atoms with Gasteiger partial charge in [-0.2, -0.15) is 0 Å². The van der Waals surface area contributed by atoms with Gasteiger partial charge in [-0.05, 0) is 32.2 Å². The van der Waals surface area contributed by atoms with Crippen molar-refractivity contribution in [2.45, 2.75) is 44.2 Å². The predicted molar refractivity (Wildman–Crippen MR) is 62.3 cm³/mol. The van der Waals surface area contributed by atoms with E-state index in [-0.39, 0.29) is 12.0 Å². The molecule has 0 spiro atoms. The predicted octanol–water partition coefficient (Wildman–Crippen LogP) is 0.766. The zero-order chi connectivity index (χ0) is 11.4. The van der Waals surface area contributed by atoms with Crippen LogP contribution in [-0.2, 0) is 9.53 Å². The lowest BCUT2D eigenvalue weighted by molar-refractivity contribution is -0.135. The van der Waals surface area contributed by atoms with E-state index in [1.165, 1.54) is 6.42 Å². The summed E-state index contributed by atoms with van der Waals surface area (Å²) in [6, 6.07) is 0.385. The number of nitrogens with zero attached hydrogens (tertiary/aromatic N) is 1. The van der Waals surface area contributed by atoms with Crippen molar-refractivity contribution in [1.82, 2.24) is 10.2 Å². The zero-order valence-corrected chi connectivity index (χ0v) is 10.1. The van der Waals surface area contributed by atoms with Crippen molar-refractivity contribution in [3.05, 3.63) is 0 Å². The number of nitrogens with one attached hydrogen (secondary N) is 1. The van der Waals surface area contributed by atoms with E-state index in [1.807, 2.05) is 11.9 Å². The van der Waals surface area contributed by atoms with Crippen molar-refractivity contribution in [1.29, 1.82) is 0 Å². The van der Waals surface area contributed by atoms with Gasteiger partial charge in [-0.25, -0.2) is 0 Å². The SMILES string of the molecule is CN(C(=O)CC1CCCCO1)C1CCNC1. The number of amides is 1. The fourth-order valence-corrected chi connectivity index (χ4v) is 2.48. The Morgan fingerprint density at radius 3 is 2.94 bits per heavy atom.